The van der Waals surface area contributed by atoms with E-state index in [4.69, 9.17) is 21.1 Å². The molecule has 2 unspecified atom stereocenters. The highest BCUT2D eigenvalue weighted by molar-refractivity contribution is 6.32. The lowest BCUT2D eigenvalue weighted by atomic mass is 10.2. The van der Waals surface area contributed by atoms with E-state index in [9.17, 15) is 4.79 Å². The summed E-state index contributed by atoms with van der Waals surface area (Å²) in [7, 11) is 0. The second-order valence-electron chi connectivity index (χ2n) is 5.93. The fraction of sp³-hybridized carbons (Fsp3) is 0.350. The molecular weight excluding hydrogens is 338 g/mol. The molecule has 0 radical (unpaired) electrons. The van der Waals surface area contributed by atoms with Crippen LogP contribution in [-0.4, -0.2) is 24.7 Å². The van der Waals surface area contributed by atoms with Gasteiger partial charge in [-0.1, -0.05) is 48.9 Å². The Balaban J connectivity index is 1.88. The third-order valence-corrected chi connectivity index (χ3v) is 4.05. The molecule has 0 saturated carbocycles. The summed E-state index contributed by atoms with van der Waals surface area (Å²) in [5.41, 5.74) is 1.06. The van der Waals surface area contributed by atoms with Crippen molar-refractivity contribution in [2.24, 2.45) is 0 Å². The quantitative estimate of drug-likeness (QED) is 0.758. The van der Waals surface area contributed by atoms with Gasteiger partial charge in [-0.25, -0.2) is 0 Å². The number of hydrogen-bond acceptors (Lipinski definition) is 3. The molecule has 25 heavy (non-hydrogen) atoms. The van der Waals surface area contributed by atoms with Crippen LogP contribution >= 0.6 is 11.6 Å². The van der Waals surface area contributed by atoms with Crippen molar-refractivity contribution in [2.45, 2.75) is 39.3 Å². The number of ether oxygens (including phenoxy) is 2. The molecule has 2 aromatic carbocycles. The molecule has 0 aliphatic heterocycles. The molecule has 0 aromatic heterocycles. The predicted molar refractivity (Wildman–Crippen MR) is 100 cm³/mol. The standard InChI is InChI=1S/C20H24ClNO3/c1-4-17(25-19-12-8-6-10-16(19)21)20(23)22-15(3)13-24-18-11-7-5-9-14(18)2/h5-12,15,17H,4,13H2,1-3H3,(H,22,23). The molecule has 0 heterocycles. The normalized spacial score (nSPS) is 13.0. The lowest BCUT2D eigenvalue weighted by molar-refractivity contribution is -0.128. The Morgan fingerprint density at radius 1 is 1.12 bits per heavy atom. The maximum Gasteiger partial charge on any atom is 0.261 e. The number of halogens is 1. The van der Waals surface area contributed by atoms with Crippen LogP contribution in [0.4, 0.5) is 0 Å². The number of nitrogens with one attached hydrogen (secondary N) is 1. The fourth-order valence-electron chi connectivity index (χ4n) is 2.33. The van der Waals surface area contributed by atoms with E-state index in [-0.39, 0.29) is 11.9 Å². The zero-order valence-electron chi connectivity index (χ0n) is 14.8. The van der Waals surface area contributed by atoms with Gasteiger partial charge in [-0.15, -0.1) is 0 Å². The Kier molecular flexibility index (Phi) is 7.14. The second-order valence-corrected chi connectivity index (χ2v) is 6.34. The molecule has 2 rings (SSSR count). The van der Waals surface area contributed by atoms with Crippen LogP contribution in [0.15, 0.2) is 48.5 Å². The second kappa shape index (κ2) is 9.33. The molecule has 0 bridgehead atoms. The van der Waals surface area contributed by atoms with Gasteiger partial charge in [-0.3, -0.25) is 4.79 Å². The van der Waals surface area contributed by atoms with Crippen LogP contribution in [0.1, 0.15) is 25.8 Å². The average Bonchev–Trinajstić information content (AvgIpc) is 2.60. The van der Waals surface area contributed by atoms with Crippen LogP contribution in [0.3, 0.4) is 0 Å². The predicted octanol–water partition coefficient (Wildman–Crippen LogP) is 4.39. The van der Waals surface area contributed by atoms with Crippen molar-refractivity contribution in [2.75, 3.05) is 6.61 Å². The minimum atomic E-state index is -0.596. The first-order valence-electron chi connectivity index (χ1n) is 8.41. The first kappa shape index (κ1) is 19.1. The topological polar surface area (TPSA) is 47.6 Å². The van der Waals surface area contributed by atoms with Gasteiger partial charge in [-0.2, -0.15) is 0 Å². The number of benzene rings is 2. The van der Waals surface area contributed by atoms with Gasteiger partial charge in [0.25, 0.3) is 5.91 Å². The molecule has 5 heteroatoms. The monoisotopic (exact) mass is 361 g/mol. The Morgan fingerprint density at radius 3 is 2.40 bits per heavy atom. The highest BCUT2D eigenvalue weighted by Crippen LogP contribution is 2.25. The number of carbonyl (C=O) groups excluding carboxylic acids is 1. The summed E-state index contributed by atoms with van der Waals surface area (Å²) in [5, 5.41) is 3.42. The van der Waals surface area contributed by atoms with Crippen molar-refractivity contribution in [1.82, 2.24) is 5.32 Å². The summed E-state index contributed by atoms with van der Waals surface area (Å²) in [6, 6.07) is 14.8. The molecule has 2 aromatic rings. The number of hydrogen-bond donors (Lipinski definition) is 1. The highest BCUT2D eigenvalue weighted by atomic mass is 35.5. The van der Waals surface area contributed by atoms with E-state index >= 15 is 0 Å². The van der Waals surface area contributed by atoms with Crippen LogP contribution in [0.5, 0.6) is 11.5 Å². The molecule has 1 N–H and O–H groups in total. The molecule has 1 amide bonds. The summed E-state index contributed by atoms with van der Waals surface area (Å²) in [6.07, 6.45) is -0.0524. The Morgan fingerprint density at radius 2 is 1.76 bits per heavy atom. The minimum absolute atomic E-state index is 0.143. The van der Waals surface area contributed by atoms with Crippen LogP contribution < -0.4 is 14.8 Å². The highest BCUT2D eigenvalue weighted by Gasteiger charge is 2.21. The van der Waals surface area contributed by atoms with Crippen LogP contribution in [0.25, 0.3) is 0 Å². The van der Waals surface area contributed by atoms with Gasteiger partial charge >= 0.3 is 0 Å². The third-order valence-electron chi connectivity index (χ3n) is 3.74. The number of amides is 1. The Labute approximate surface area is 154 Å². The SMILES string of the molecule is CCC(Oc1ccccc1Cl)C(=O)NC(C)COc1ccccc1C. The van der Waals surface area contributed by atoms with E-state index < -0.39 is 6.10 Å². The lowest BCUT2D eigenvalue weighted by Crippen LogP contribution is -2.44. The van der Waals surface area contributed by atoms with E-state index in [0.29, 0.717) is 23.8 Å². The number of para-hydroxylation sites is 2. The molecule has 0 fully saturated rings. The van der Waals surface area contributed by atoms with Crippen molar-refractivity contribution in [3.63, 3.8) is 0 Å². The van der Waals surface area contributed by atoms with Gasteiger partial charge in [-0.05, 0) is 44.0 Å². The van der Waals surface area contributed by atoms with E-state index in [1.54, 1.807) is 12.1 Å². The van der Waals surface area contributed by atoms with Gasteiger partial charge < -0.3 is 14.8 Å². The van der Waals surface area contributed by atoms with E-state index in [1.807, 2.05) is 57.2 Å². The summed E-state index contributed by atoms with van der Waals surface area (Å²) in [5.74, 6) is 1.15. The molecule has 0 saturated heterocycles. The summed E-state index contributed by atoms with van der Waals surface area (Å²) in [6.45, 7) is 6.18. The fourth-order valence-corrected chi connectivity index (χ4v) is 2.51. The minimum Gasteiger partial charge on any atom is -0.491 e. The number of carbonyl (C=O) groups is 1. The smallest absolute Gasteiger partial charge is 0.261 e. The third kappa shape index (κ3) is 5.68. The summed E-state index contributed by atoms with van der Waals surface area (Å²) in [4.78, 5) is 12.4. The molecule has 0 spiro atoms. The van der Waals surface area contributed by atoms with Gasteiger partial charge in [0.05, 0.1) is 11.1 Å². The van der Waals surface area contributed by atoms with Gasteiger partial charge in [0.15, 0.2) is 6.10 Å². The van der Waals surface area contributed by atoms with Gasteiger partial charge in [0, 0.05) is 0 Å². The zero-order valence-corrected chi connectivity index (χ0v) is 15.5. The van der Waals surface area contributed by atoms with Crippen LogP contribution in [-0.2, 0) is 4.79 Å². The molecule has 0 aliphatic carbocycles. The Hall–Kier alpha value is -2.20. The zero-order chi connectivity index (χ0) is 18.2. The molecule has 2 atom stereocenters. The van der Waals surface area contributed by atoms with Gasteiger partial charge in [0.2, 0.25) is 0 Å². The Bertz CT molecular complexity index is 705. The maximum atomic E-state index is 12.4. The largest absolute Gasteiger partial charge is 0.491 e. The molecule has 0 aliphatic rings. The van der Waals surface area contributed by atoms with E-state index in [2.05, 4.69) is 5.32 Å². The number of aryl methyl sites for hydroxylation is 1. The first-order valence-corrected chi connectivity index (χ1v) is 8.79. The van der Waals surface area contributed by atoms with Gasteiger partial charge in [0.1, 0.15) is 18.1 Å². The van der Waals surface area contributed by atoms with Crippen molar-refractivity contribution >= 4 is 17.5 Å². The molecule has 4 nitrogen and oxygen atoms in total. The lowest BCUT2D eigenvalue weighted by Gasteiger charge is -2.21. The van der Waals surface area contributed by atoms with Crippen molar-refractivity contribution in [1.29, 1.82) is 0 Å². The average molecular weight is 362 g/mol. The molecule has 134 valence electrons. The molecular formula is C20H24ClNO3. The maximum absolute atomic E-state index is 12.4. The van der Waals surface area contributed by atoms with Crippen molar-refractivity contribution in [3.8, 4) is 11.5 Å². The van der Waals surface area contributed by atoms with Crippen LogP contribution in [0, 0.1) is 6.92 Å². The van der Waals surface area contributed by atoms with Crippen molar-refractivity contribution in [3.05, 3.63) is 59.1 Å². The van der Waals surface area contributed by atoms with Crippen molar-refractivity contribution < 1.29 is 14.3 Å². The summed E-state index contributed by atoms with van der Waals surface area (Å²) < 4.78 is 11.5. The van der Waals surface area contributed by atoms with E-state index in [0.717, 1.165) is 11.3 Å². The summed E-state index contributed by atoms with van der Waals surface area (Å²) >= 11 is 6.09. The van der Waals surface area contributed by atoms with E-state index in [1.165, 1.54) is 0 Å². The first-order chi connectivity index (χ1) is 12.0. The van der Waals surface area contributed by atoms with Crippen LogP contribution in [0.2, 0.25) is 5.02 Å². The number of rotatable bonds is 8.